The van der Waals surface area contributed by atoms with Gasteiger partial charge in [-0.15, -0.1) is 6.58 Å². The molecule has 1 amide bonds. The molecule has 1 N–H and O–H groups in total. The number of rotatable bonds is 5. The van der Waals surface area contributed by atoms with Crippen molar-refractivity contribution in [1.82, 2.24) is 9.88 Å². The molecular weight excluding hydrogens is 332 g/mol. The quantitative estimate of drug-likeness (QED) is 0.382. The highest BCUT2D eigenvalue weighted by Gasteiger charge is 2.31. The molecule has 1 aromatic heterocycles. The van der Waals surface area contributed by atoms with Gasteiger partial charge in [0.15, 0.2) is 0 Å². The van der Waals surface area contributed by atoms with Crippen molar-refractivity contribution in [3.05, 3.63) is 40.1 Å². The lowest BCUT2D eigenvalue weighted by atomic mass is 10.1. The number of aromatic amines is 1. The molecule has 1 aliphatic heterocycles. The highest BCUT2D eigenvalue weighted by atomic mass is 32.2. The summed E-state index contributed by atoms with van der Waals surface area (Å²) in [7, 11) is 0. The molecule has 0 spiro atoms. The monoisotopic (exact) mass is 350 g/mol. The summed E-state index contributed by atoms with van der Waals surface area (Å²) in [6.07, 6.45) is 3.37. The van der Waals surface area contributed by atoms with E-state index in [9.17, 15) is 9.59 Å². The van der Waals surface area contributed by atoms with Crippen LogP contribution in [0.5, 0.6) is 0 Å². The number of carbonyl (C=O) groups is 2. The molecule has 7 heteroatoms. The minimum absolute atomic E-state index is 0.149. The first-order valence-corrected chi connectivity index (χ1v) is 8.35. The number of amides is 1. The maximum Gasteiger partial charge on any atom is 0.340 e. The second kappa shape index (κ2) is 7.14. The fraction of sp³-hybridized carbons (Fsp3) is 0.312. The fourth-order valence-electron chi connectivity index (χ4n) is 2.35. The van der Waals surface area contributed by atoms with Crippen molar-refractivity contribution in [1.29, 1.82) is 0 Å². The highest BCUT2D eigenvalue weighted by Crippen LogP contribution is 2.33. The number of thiocarbonyl (C=S) groups is 1. The molecule has 2 rings (SSSR count). The number of H-pyrrole nitrogens is 1. The molecule has 23 heavy (non-hydrogen) atoms. The largest absolute Gasteiger partial charge is 0.462 e. The standard InChI is InChI=1S/C16H18N2O3S2/c1-5-7-18-14(19)12(23-16(18)22)8-11-9(3)13(10(4)17-11)15(20)21-6-2/h5,8,17H,1,6-7H2,2-4H3. The number of hydrogen-bond donors (Lipinski definition) is 1. The second-order valence-corrected chi connectivity index (χ2v) is 6.64. The van der Waals surface area contributed by atoms with Gasteiger partial charge in [-0.2, -0.15) is 0 Å². The fourth-order valence-corrected chi connectivity index (χ4v) is 3.60. The Labute approximate surface area is 144 Å². The van der Waals surface area contributed by atoms with Crippen molar-refractivity contribution in [3.8, 4) is 0 Å². The number of ether oxygens (including phenoxy) is 1. The number of hydrogen-bond acceptors (Lipinski definition) is 5. The third-order valence-corrected chi connectivity index (χ3v) is 4.79. The molecular formula is C16H18N2O3S2. The number of aryl methyl sites for hydroxylation is 1. The molecule has 0 radical (unpaired) electrons. The van der Waals surface area contributed by atoms with Crippen molar-refractivity contribution in [2.24, 2.45) is 0 Å². The van der Waals surface area contributed by atoms with Gasteiger partial charge in [0.2, 0.25) is 0 Å². The maximum absolute atomic E-state index is 12.3. The van der Waals surface area contributed by atoms with Crippen molar-refractivity contribution < 1.29 is 14.3 Å². The molecule has 122 valence electrons. The smallest absolute Gasteiger partial charge is 0.340 e. The van der Waals surface area contributed by atoms with Gasteiger partial charge in [0, 0.05) is 17.9 Å². The molecule has 5 nitrogen and oxygen atoms in total. The lowest BCUT2D eigenvalue weighted by Gasteiger charge is -2.10. The molecule has 0 aliphatic carbocycles. The Morgan fingerprint density at radius 3 is 2.78 bits per heavy atom. The number of aromatic nitrogens is 1. The van der Waals surface area contributed by atoms with Gasteiger partial charge >= 0.3 is 5.97 Å². The highest BCUT2D eigenvalue weighted by molar-refractivity contribution is 8.26. The normalized spacial score (nSPS) is 16.3. The van der Waals surface area contributed by atoms with E-state index in [-0.39, 0.29) is 11.9 Å². The lowest BCUT2D eigenvalue weighted by molar-refractivity contribution is -0.121. The topological polar surface area (TPSA) is 62.4 Å². The lowest BCUT2D eigenvalue weighted by Crippen LogP contribution is -2.27. The van der Waals surface area contributed by atoms with Crippen molar-refractivity contribution in [3.63, 3.8) is 0 Å². The Kier molecular flexibility index (Phi) is 5.43. The zero-order valence-electron chi connectivity index (χ0n) is 13.3. The SMILES string of the molecule is C=CCN1C(=O)C(=Cc2[nH]c(C)c(C(=O)OCC)c2C)SC1=S. The molecule has 0 bridgehead atoms. The summed E-state index contributed by atoms with van der Waals surface area (Å²) in [5.74, 6) is -0.512. The van der Waals surface area contributed by atoms with Crippen LogP contribution in [0.1, 0.15) is 34.2 Å². The summed E-state index contributed by atoms with van der Waals surface area (Å²) >= 11 is 6.46. The maximum atomic E-state index is 12.3. The van der Waals surface area contributed by atoms with Crippen LogP contribution in [0, 0.1) is 13.8 Å². The van der Waals surface area contributed by atoms with E-state index in [2.05, 4.69) is 11.6 Å². The zero-order valence-corrected chi connectivity index (χ0v) is 14.9. The van der Waals surface area contributed by atoms with E-state index in [0.29, 0.717) is 39.3 Å². The van der Waals surface area contributed by atoms with Gasteiger partial charge in [-0.1, -0.05) is 30.1 Å². The van der Waals surface area contributed by atoms with Crippen molar-refractivity contribution in [2.75, 3.05) is 13.2 Å². The third-order valence-electron chi connectivity index (χ3n) is 3.42. The van der Waals surface area contributed by atoms with E-state index in [1.807, 2.05) is 6.92 Å². The van der Waals surface area contributed by atoms with Crippen LogP contribution < -0.4 is 0 Å². The van der Waals surface area contributed by atoms with Gasteiger partial charge in [0.25, 0.3) is 5.91 Å². The van der Waals surface area contributed by atoms with Gasteiger partial charge in [0.1, 0.15) is 4.32 Å². The van der Waals surface area contributed by atoms with Gasteiger partial charge in [0.05, 0.1) is 17.1 Å². The van der Waals surface area contributed by atoms with Crippen molar-refractivity contribution in [2.45, 2.75) is 20.8 Å². The first kappa shape index (κ1) is 17.5. The summed E-state index contributed by atoms with van der Waals surface area (Å²) in [4.78, 5) is 29.5. The molecule has 1 aromatic rings. The van der Waals surface area contributed by atoms with E-state index < -0.39 is 0 Å². The summed E-state index contributed by atoms with van der Waals surface area (Å²) in [5, 5.41) is 0. The van der Waals surface area contributed by atoms with E-state index in [1.54, 1.807) is 26.0 Å². The summed E-state index contributed by atoms with van der Waals surface area (Å²) in [6.45, 7) is 9.73. The van der Waals surface area contributed by atoms with Crippen LogP contribution in [0.4, 0.5) is 0 Å². The van der Waals surface area contributed by atoms with Gasteiger partial charge in [-0.3, -0.25) is 9.69 Å². The minimum atomic E-state index is -0.363. The summed E-state index contributed by atoms with van der Waals surface area (Å²) < 4.78 is 5.58. The number of nitrogens with zero attached hydrogens (tertiary/aromatic N) is 1. The Morgan fingerprint density at radius 1 is 1.48 bits per heavy atom. The molecule has 0 saturated carbocycles. The Hall–Kier alpha value is -1.86. The van der Waals surface area contributed by atoms with Crippen LogP contribution in [-0.4, -0.2) is 39.2 Å². The number of nitrogens with one attached hydrogen (secondary N) is 1. The number of esters is 1. The zero-order chi connectivity index (χ0) is 17.1. The molecule has 1 fully saturated rings. The summed E-state index contributed by atoms with van der Waals surface area (Å²) in [5.41, 5.74) is 2.70. The average Bonchev–Trinajstić information content (AvgIpc) is 2.91. The van der Waals surface area contributed by atoms with Crippen LogP contribution in [0.3, 0.4) is 0 Å². The van der Waals surface area contributed by atoms with Crippen LogP contribution in [0.2, 0.25) is 0 Å². The van der Waals surface area contributed by atoms with Crippen LogP contribution >= 0.6 is 24.0 Å². The van der Waals surface area contributed by atoms with Gasteiger partial charge in [-0.05, 0) is 32.4 Å². The van der Waals surface area contributed by atoms with Crippen molar-refractivity contribution >= 4 is 46.3 Å². The van der Waals surface area contributed by atoms with Crippen LogP contribution in [0.25, 0.3) is 6.08 Å². The van der Waals surface area contributed by atoms with E-state index in [1.165, 1.54) is 16.7 Å². The van der Waals surface area contributed by atoms with Gasteiger partial charge < -0.3 is 9.72 Å². The first-order chi connectivity index (χ1) is 10.9. The predicted molar refractivity (Wildman–Crippen MR) is 96.3 cm³/mol. The van der Waals surface area contributed by atoms with Crippen LogP contribution in [-0.2, 0) is 9.53 Å². The molecule has 0 aromatic carbocycles. The Morgan fingerprint density at radius 2 is 2.17 bits per heavy atom. The molecule has 0 unspecified atom stereocenters. The predicted octanol–water partition coefficient (Wildman–Crippen LogP) is 3.20. The third kappa shape index (κ3) is 3.40. The van der Waals surface area contributed by atoms with E-state index >= 15 is 0 Å². The molecule has 2 heterocycles. The number of carbonyl (C=O) groups excluding carboxylic acids is 2. The number of thioether (sulfide) groups is 1. The van der Waals surface area contributed by atoms with Gasteiger partial charge in [-0.25, -0.2) is 4.79 Å². The molecule has 0 atom stereocenters. The second-order valence-electron chi connectivity index (χ2n) is 4.97. The minimum Gasteiger partial charge on any atom is -0.462 e. The van der Waals surface area contributed by atoms with E-state index in [0.717, 1.165) is 5.56 Å². The summed E-state index contributed by atoms with van der Waals surface area (Å²) in [6, 6.07) is 0. The first-order valence-electron chi connectivity index (χ1n) is 7.13. The molecule has 1 aliphatic rings. The average molecular weight is 350 g/mol. The van der Waals surface area contributed by atoms with E-state index in [4.69, 9.17) is 17.0 Å². The van der Waals surface area contributed by atoms with Crippen LogP contribution in [0.15, 0.2) is 17.6 Å². The Balaban J connectivity index is 2.36. The Bertz CT molecular complexity index is 719. The molecule has 1 saturated heterocycles.